The molecule has 0 aromatic heterocycles. The van der Waals surface area contributed by atoms with Crippen molar-refractivity contribution in [2.45, 2.75) is 69.2 Å². The van der Waals surface area contributed by atoms with Gasteiger partial charge in [-0.2, -0.15) is 21.6 Å². The average molecular weight is 415 g/mol. The molecule has 12 heteroatoms. The molecule has 27 heavy (non-hydrogen) atoms. The SMILES string of the molecule is CC(C)(C)OC(=O)N[C@@H]1CC[C@@]2(C=C1OS(=O)(=O)C(F)(F)F)CCC(=O)O2. The van der Waals surface area contributed by atoms with Crippen LogP contribution in [0.5, 0.6) is 0 Å². The zero-order chi connectivity index (χ0) is 20.7. The molecule has 0 unspecified atom stereocenters. The first-order valence-corrected chi connectivity index (χ1v) is 9.48. The van der Waals surface area contributed by atoms with Gasteiger partial charge in [-0.05, 0) is 33.6 Å². The fraction of sp³-hybridized carbons (Fsp3) is 0.733. The van der Waals surface area contributed by atoms with Crippen LogP contribution in [0, 0.1) is 0 Å². The average Bonchev–Trinajstić information content (AvgIpc) is 2.79. The normalized spacial score (nSPS) is 26.4. The summed E-state index contributed by atoms with van der Waals surface area (Å²) < 4.78 is 75.3. The van der Waals surface area contributed by atoms with Crippen molar-refractivity contribution < 1.29 is 44.8 Å². The van der Waals surface area contributed by atoms with E-state index in [4.69, 9.17) is 9.47 Å². The number of amides is 1. The molecule has 1 amide bonds. The van der Waals surface area contributed by atoms with Gasteiger partial charge in [-0.15, -0.1) is 0 Å². The Morgan fingerprint density at radius 2 is 1.93 bits per heavy atom. The number of hydrogen-bond donors (Lipinski definition) is 1. The molecule has 2 rings (SSSR count). The number of nitrogens with one attached hydrogen (secondary N) is 1. The summed E-state index contributed by atoms with van der Waals surface area (Å²) in [7, 11) is -5.96. The van der Waals surface area contributed by atoms with Gasteiger partial charge in [0.05, 0.1) is 6.04 Å². The molecule has 1 fully saturated rings. The summed E-state index contributed by atoms with van der Waals surface area (Å²) >= 11 is 0. The molecule has 1 aliphatic heterocycles. The molecule has 0 aromatic carbocycles. The smallest absolute Gasteiger partial charge is 0.455 e. The Kier molecular flexibility index (Phi) is 5.43. The Hall–Kier alpha value is -1.98. The summed E-state index contributed by atoms with van der Waals surface area (Å²) in [4.78, 5) is 23.3. The van der Waals surface area contributed by atoms with Gasteiger partial charge in [-0.25, -0.2) is 4.79 Å². The van der Waals surface area contributed by atoms with Crippen LogP contribution in [-0.2, 0) is 28.6 Å². The molecular weight excluding hydrogens is 395 g/mol. The third-order valence-corrected chi connectivity index (χ3v) is 4.83. The molecule has 0 radical (unpaired) electrons. The summed E-state index contributed by atoms with van der Waals surface area (Å²) in [6.45, 7) is 4.76. The summed E-state index contributed by atoms with van der Waals surface area (Å²) in [6, 6.07) is -1.19. The predicted octanol–water partition coefficient (Wildman–Crippen LogP) is 2.50. The van der Waals surface area contributed by atoms with Crippen LogP contribution in [0.25, 0.3) is 0 Å². The van der Waals surface area contributed by atoms with Gasteiger partial charge < -0.3 is 19.0 Å². The maximum atomic E-state index is 12.7. The number of carbonyl (C=O) groups is 2. The first-order chi connectivity index (χ1) is 12.1. The lowest BCUT2D eigenvalue weighted by Gasteiger charge is -2.34. The molecule has 1 spiro atoms. The third kappa shape index (κ3) is 5.27. The molecule has 8 nitrogen and oxygen atoms in total. The van der Waals surface area contributed by atoms with Crippen molar-refractivity contribution in [3.8, 4) is 0 Å². The van der Waals surface area contributed by atoms with Gasteiger partial charge in [0, 0.05) is 18.9 Å². The molecular formula is C15H20F3NO7S. The minimum atomic E-state index is -5.96. The van der Waals surface area contributed by atoms with E-state index in [0.717, 1.165) is 6.08 Å². The number of halogens is 3. The van der Waals surface area contributed by atoms with Crippen molar-refractivity contribution in [2.24, 2.45) is 0 Å². The molecule has 0 bridgehead atoms. The van der Waals surface area contributed by atoms with E-state index in [0.29, 0.717) is 0 Å². The van der Waals surface area contributed by atoms with Crippen LogP contribution in [-0.4, -0.2) is 43.2 Å². The lowest BCUT2D eigenvalue weighted by molar-refractivity contribution is -0.146. The number of rotatable bonds is 3. The van der Waals surface area contributed by atoms with Crippen molar-refractivity contribution in [3.63, 3.8) is 0 Å². The van der Waals surface area contributed by atoms with Gasteiger partial charge in [-0.3, -0.25) is 4.79 Å². The second-order valence-electron chi connectivity index (χ2n) is 7.31. The molecule has 2 atom stereocenters. The van der Waals surface area contributed by atoms with Crippen LogP contribution in [0.15, 0.2) is 11.8 Å². The minimum Gasteiger partial charge on any atom is -0.455 e. The van der Waals surface area contributed by atoms with Crippen LogP contribution in [0.3, 0.4) is 0 Å². The van der Waals surface area contributed by atoms with Crippen LogP contribution < -0.4 is 5.32 Å². The number of alkyl halides is 3. The van der Waals surface area contributed by atoms with Crippen LogP contribution in [0.4, 0.5) is 18.0 Å². The summed E-state index contributed by atoms with van der Waals surface area (Å²) in [5, 5.41) is 2.29. The molecule has 1 heterocycles. The zero-order valence-electron chi connectivity index (χ0n) is 14.9. The lowest BCUT2D eigenvalue weighted by atomic mass is 9.85. The van der Waals surface area contributed by atoms with E-state index in [-0.39, 0.29) is 25.7 Å². The standard InChI is InChI=1S/C15H20F3NO7S/c1-13(2,3)25-12(21)19-9-4-6-14(7-5-11(20)24-14)8-10(9)26-27(22,23)15(16,17)18/h8-9H,4-7H2,1-3H3,(H,19,21)/t9-,14+/m1/s1. The van der Waals surface area contributed by atoms with Gasteiger partial charge in [-0.1, -0.05) is 0 Å². The molecule has 1 N–H and O–H groups in total. The summed E-state index contributed by atoms with van der Waals surface area (Å²) in [5.41, 5.74) is -7.77. The topological polar surface area (TPSA) is 108 Å². The van der Waals surface area contributed by atoms with Gasteiger partial charge >= 0.3 is 27.7 Å². The van der Waals surface area contributed by atoms with Crippen molar-refractivity contribution in [1.29, 1.82) is 0 Å². The molecule has 0 saturated carbocycles. The van der Waals surface area contributed by atoms with Crippen LogP contribution in [0.1, 0.15) is 46.5 Å². The Morgan fingerprint density at radius 3 is 2.41 bits per heavy atom. The Bertz CT molecular complexity index is 754. The maximum Gasteiger partial charge on any atom is 0.534 e. The molecule has 154 valence electrons. The highest BCUT2D eigenvalue weighted by atomic mass is 32.2. The van der Waals surface area contributed by atoms with E-state index in [1.54, 1.807) is 20.8 Å². The fourth-order valence-corrected chi connectivity index (χ4v) is 3.24. The van der Waals surface area contributed by atoms with Crippen molar-refractivity contribution in [2.75, 3.05) is 0 Å². The first-order valence-electron chi connectivity index (χ1n) is 8.07. The highest BCUT2D eigenvalue weighted by Gasteiger charge is 2.51. The third-order valence-electron chi connectivity index (χ3n) is 3.85. The van der Waals surface area contributed by atoms with Crippen LogP contribution >= 0.6 is 0 Å². The highest BCUT2D eigenvalue weighted by molar-refractivity contribution is 7.87. The van der Waals surface area contributed by atoms with Crippen molar-refractivity contribution in [3.05, 3.63) is 11.8 Å². The second-order valence-corrected chi connectivity index (χ2v) is 8.84. The first kappa shape index (κ1) is 21.3. The Labute approximate surface area is 154 Å². The summed E-state index contributed by atoms with van der Waals surface area (Å²) in [6.07, 6.45) is 0.450. The monoisotopic (exact) mass is 415 g/mol. The molecule has 0 aromatic rings. The number of carbonyl (C=O) groups excluding carboxylic acids is 2. The van der Waals surface area contributed by atoms with Crippen molar-refractivity contribution in [1.82, 2.24) is 5.32 Å². The predicted molar refractivity (Wildman–Crippen MR) is 84.6 cm³/mol. The number of ether oxygens (including phenoxy) is 2. The molecule has 1 saturated heterocycles. The molecule has 1 aliphatic carbocycles. The van der Waals surface area contributed by atoms with E-state index < -0.39 is 50.7 Å². The molecule has 2 aliphatic rings. The minimum absolute atomic E-state index is 0.00820. The summed E-state index contributed by atoms with van der Waals surface area (Å²) in [5.74, 6) is -1.22. The van der Waals surface area contributed by atoms with E-state index in [1.165, 1.54) is 0 Å². The maximum absolute atomic E-state index is 12.7. The fourth-order valence-electron chi connectivity index (χ4n) is 2.73. The second kappa shape index (κ2) is 6.88. The van der Waals surface area contributed by atoms with E-state index in [1.807, 2.05) is 0 Å². The van der Waals surface area contributed by atoms with Crippen molar-refractivity contribution >= 4 is 22.2 Å². The number of alkyl carbamates (subject to hydrolysis) is 1. The largest absolute Gasteiger partial charge is 0.534 e. The van der Waals surface area contributed by atoms with Gasteiger partial charge in [0.25, 0.3) is 0 Å². The van der Waals surface area contributed by atoms with Gasteiger partial charge in [0.1, 0.15) is 17.0 Å². The van der Waals surface area contributed by atoms with Gasteiger partial charge in [0.15, 0.2) is 0 Å². The quantitative estimate of drug-likeness (QED) is 0.429. The van der Waals surface area contributed by atoms with Gasteiger partial charge in [0.2, 0.25) is 0 Å². The van der Waals surface area contributed by atoms with E-state index >= 15 is 0 Å². The zero-order valence-corrected chi connectivity index (χ0v) is 15.7. The Balaban J connectivity index is 2.29. The number of hydrogen-bond acceptors (Lipinski definition) is 7. The van der Waals surface area contributed by atoms with E-state index in [9.17, 15) is 31.2 Å². The van der Waals surface area contributed by atoms with Crippen LogP contribution in [0.2, 0.25) is 0 Å². The number of esters is 1. The Morgan fingerprint density at radius 1 is 1.30 bits per heavy atom. The van der Waals surface area contributed by atoms with E-state index in [2.05, 4.69) is 9.50 Å². The lowest BCUT2D eigenvalue weighted by Crippen LogP contribution is -2.46. The highest BCUT2D eigenvalue weighted by Crippen LogP contribution is 2.40.